The highest BCUT2D eigenvalue weighted by Crippen LogP contribution is 2.05. The van der Waals surface area contributed by atoms with Crippen molar-refractivity contribution in [3.05, 3.63) is 63.3 Å². The van der Waals surface area contributed by atoms with Crippen LogP contribution in [0.2, 0.25) is 0 Å². The first-order valence-electron chi connectivity index (χ1n) is 8.58. The Balaban J connectivity index is 2.11. The van der Waals surface area contributed by atoms with Crippen LogP contribution in [-0.4, -0.2) is 32.7 Å². The SMILES string of the molecule is Cc1nc(CCC(=O)N[C@@H](C)C(=O)O)c(=O)n(OCc2ccccc2)c1C. The number of aromatic nitrogens is 2. The summed E-state index contributed by atoms with van der Waals surface area (Å²) in [4.78, 5) is 45.2. The van der Waals surface area contributed by atoms with Gasteiger partial charge in [-0.1, -0.05) is 30.3 Å². The van der Waals surface area contributed by atoms with E-state index in [-0.39, 0.29) is 25.1 Å². The molecule has 0 aliphatic rings. The van der Waals surface area contributed by atoms with Gasteiger partial charge in [0, 0.05) is 12.8 Å². The molecule has 1 heterocycles. The molecule has 1 atom stereocenters. The van der Waals surface area contributed by atoms with Crippen LogP contribution in [0.25, 0.3) is 0 Å². The summed E-state index contributed by atoms with van der Waals surface area (Å²) in [5.74, 6) is -1.58. The molecule has 1 aromatic carbocycles. The third-order valence-electron chi connectivity index (χ3n) is 4.10. The lowest BCUT2D eigenvalue weighted by Gasteiger charge is -2.15. The molecule has 0 unspecified atom stereocenters. The number of rotatable bonds is 8. The van der Waals surface area contributed by atoms with Crippen molar-refractivity contribution in [3.63, 3.8) is 0 Å². The van der Waals surface area contributed by atoms with Gasteiger partial charge in [-0.25, -0.2) is 0 Å². The van der Waals surface area contributed by atoms with Crippen molar-refractivity contribution in [2.45, 2.75) is 46.3 Å². The molecular formula is C19H23N3O5. The van der Waals surface area contributed by atoms with Gasteiger partial charge >= 0.3 is 11.5 Å². The van der Waals surface area contributed by atoms with E-state index in [1.54, 1.807) is 13.8 Å². The molecule has 2 rings (SSSR count). The van der Waals surface area contributed by atoms with Crippen molar-refractivity contribution < 1.29 is 19.5 Å². The number of carbonyl (C=O) groups excluding carboxylic acids is 1. The van der Waals surface area contributed by atoms with Crippen molar-refractivity contribution >= 4 is 11.9 Å². The maximum Gasteiger partial charge on any atom is 0.325 e. The van der Waals surface area contributed by atoms with E-state index in [0.29, 0.717) is 11.4 Å². The summed E-state index contributed by atoms with van der Waals surface area (Å²) in [7, 11) is 0. The van der Waals surface area contributed by atoms with Crippen molar-refractivity contribution in [1.29, 1.82) is 0 Å². The Morgan fingerprint density at radius 1 is 1.26 bits per heavy atom. The zero-order chi connectivity index (χ0) is 20.0. The maximum atomic E-state index is 12.7. The molecule has 0 fully saturated rings. The maximum absolute atomic E-state index is 12.7. The molecule has 8 nitrogen and oxygen atoms in total. The second kappa shape index (κ2) is 8.98. The van der Waals surface area contributed by atoms with Crippen molar-refractivity contribution in [1.82, 2.24) is 15.0 Å². The van der Waals surface area contributed by atoms with Crippen LogP contribution in [0, 0.1) is 13.8 Å². The van der Waals surface area contributed by atoms with Crippen molar-refractivity contribution in [3.8, 4) is 0 Å². The first kappa shape index (κ1) is 20.2. The van der Waals surface area contributed by atoms with Crippen molar-refractivity contribution in [2.24, 2.45) is 0 Å². The molecule has 0 spiro atoms. The Morgan fingerprint density at radius 2 is 1.93 bits per heavy atom. The standard InChI is InChI=1S/C19H23N3O5/c1-12-14(3)22(27-11-15-7-5-4-6-8-15)18(24)16(20-12)9-10-17(23)21-13(2)19(25)26/h4-8,13H,9-11H2,1-3H3,(H,21,23)(H,25,26)/t13-/m0/s1. The third-order valence-corrected chi connectivity index (χ3v) is 4.10. The van der Waals surface area contributed by atoms with E-state index in [0.717, 1.165) is 5.56 Å². The van der Waals surface area contributed by atoms with Gasteiger partial charge in [0.15, 0.2) is 0 Å². The monoisotopic (exact) mass is 373 g/mol. The largest absolute Gasteiger partial charge is 0.480 e. The summed E-state index contributed by atoms with van der Waals surface area (Å²) >= 11 is 0. The fourth-order valence-electron chi connectivity index (χ4n) is 2.39. The Kier molecular flexibility index (Phi) is 6.70. The normalized spacial score (nSPS) is 11.7. The second-order valence-corrected chi connectivity index (χ2v) is 6.22. The molecule has 1 aromatic heterocycles. The van der Waals surface area contributed by atoms with Crippen LogP contribution in [0.5, 0.6) is 0 Å². The molecule has 1 amide bonds. The Hall–Kier alpha value is -3.16. The number of carboxylic acids is 1. The number of benzene rings is 1. The van der Waals surface area contributed by atoms with Crippen LogP contribution >= 0.6 is 0 Å². The quantitative estimate of drug-likeness (QED) is 0.715. The molecule has 0 bridgehead atoms. The summed E-state index contributed by atoms with van der Waals surface area (Å²) in [5, 5.41) is 11.2. The average molecular weight is 373 g/mol. The lowest BCUT2D eigenvalue weighted by molar-refractivity contribution is -0.141. The predicted octanol–water partition coefficient (Wildman–Crippen LogP) is 1.01. The summed E-state index contributed by atoms with van der Waals surface area (Å²) in [6.07, 6.45) is 0.0495. The van der Waals surface area contributed by atoms with E-state index >= 15 is 0 Å². The Bertz CT molecular complexity index is 877. The topological polar surface area (TPSA) is 111 Å². The number of hydrogen-bond acceptors (Lipinski definition) is 5. The molecule has 8 heteroatoms. The molecule has 27 heavy (non-hydrogen) atoms. The van der Waals surface area contributed by atoms with E-state index in [1.807, 2.05) is 30.3 Å². The van der Waals surface area contributed by atoms with E-state index in [4.69, 9.17) is 9.94 Å². The molecule has 0 aliphatic heterocycles. The van der Waals surface area contributed by atoms with E-state index in [9.17, 15) is 14.4 Å². The molecule has 0 radical (unpaired) electrons. The Labute approximate surface area is 156 Å². The number of nitrogens with zero attached hydrogens (tertiary/aromatic N) is 2. The van der Waals surface area contributed by atoms with Gasteiger partial charge in [0.25, 0.3) is 0 Å². The number of amides is 1. The number of carbonyl (C=O) groups is 2. The van der Waals surface area contributed by atoms with Crippen LogP contribution in [0.4, 0.5) is 0 Å². The molecule has 0 saturated carbocycles. The molecule has 2 aromatic rings. The van der Waals surface area contributed by atoms with Gasteiger partial charge in [-0.15, -0.1) is 4.73 Å². The predicted molar refractivity (Wildman–Crippen MR) is 98.3 cm³/mol. The van der Waals surface area contributed by atoms with Crippen LogP contribution in [0.15, 0.2) is 35.1 Å². The fourth-order valence-corrected chi connectivity index (χ4v) is 2.39. The number of hydrogen-bond donors (Lipinski definition) is 2. The lowest BCUT2D eigenvalue weighted by Crippen LogP contribution is -2.39. The van der Waals surface area contributed by atoms with Crippen LogP contribution < -0.4 is 15.7 Å². The average Bonchev–Trinajstić information content (AvgIpc) is 2.64. The molecule has 144 valence electrons. The molecular weight excluding hydrogens is 350 g/mol. The number of aliphatic carboxylic acids is 1. The first-order chi connectivity index (χ1) is 12.8. The highest BCUT2D eigenvalue weighted by molar-refractivity contribution is 5.83. The third kappa shape index (κ3) is 5.40. The van der Waals surface area contributed by atoms with Gasteiger partial charge in [0.05, 0.1) is 11.4 Å². The smallest absolute Gasteiger partial charge is 0.325 e. The minimum absolute atomic E-state index is 0.0406. The summed E-state index contributed by atoms with van der Waals surface area (Å²) < 4.78 is 1.20. The second-order valence-electron chi connectivity index (χ2n) is 6.22. The zero-order valence-electron chi connectivity index (χ0n) is 15.6. The highest BCUT2D eigenvalue weighted by Gasteiger charge is 2.17. The summed E-state index contributed by atoms with van der Waals surface area (Å²) in [5.41, 5.74) is 1.90. The highest BCUT2D eigenvalue weighted by atomic mass is 16.7. The lowest BCUT2D eigenvalue weighted by atomic mass is 10.2. The van der Waals surface area contributed by atoms with Gasteiger partial charge in [0.2, 0.25) is 5.91 Å². The summed E-state index contributed by atoms with van der Waals surface area (Å²) in [6, 6.07) is 8.46. The minimum Gasteiger partial charge on any atom is -0.480 e. The van der Waals surface area contributed by atoms with Gasteiger partial charge in [0.1, 0.15) is 18.3 Å². The van der Waals surface area contributed by atoms with Crippen molar-refractivity contribution in [2.75, 3.05) is 0 Å². The molecule has 2 N–H and O–H groups in total. The van der Waals surface area contributed by atoms with Gasteiger partial charge in [-0.05, 0) is 26.3 Å². The Morgan fingerprint density at radius 3 is 2.56 bits per heavy atom. The van der Waals surface area contributed by atoms with Gasteiger partial charge in [-0.2, -0.15) is 0 Å². The van der Waals surface area contributed by atoms with E-state index in [1.165, 1.54) is 11.7 Å². The number of aryl methyl sites for hydroxylation is 2. The number of carboxylic acid groups (broad SMARTS) is 1. The van der Waals surface area contributed by atoms with E-state index < -0.39 is 23.5 Å². The van der Waals surface area contributed by atoms with Gasteiger partial charge in [-0.3, -0.25) is 19.4 Å². The number of nitrogens with one attached hydrogen (secondary N) is 1. The zero-order valence-corrected chi connectivity index (χ0v) is 15.6. The summed E-state index contributed by atoms with van der Waals surface area (Å²) in [6.45, 7) is 5.09. The first-order valence-corrected chi connectivity index (χ1v) is 8.58. The van der Waals surface area contributed by atoms with Crippen LogP contribution in [0.3, 0.4) is 0 Å². The van der Waals surface area contributed by atoms with Crippen LogP contribution in [-0.2, 0) is 22.6 Å². The van der Waals surface area contributed by atoms with Gasteiger partial charge < -0.3 is 15.3 Å². The fraction of sp³-hybridized carbons (Fsp3) is 0.368. The van der Waals surface area contributed by atoms with Crippen LogP contribution in [0.1, 0.15) is 36.0 Å². The minimum atomic E-state index is -1.12. The molecule has 0 saturated heterocycles. The van der Waals surface area contributed by atoms with E-state index in [2.05, 4.69) is 10.3 Å². The molecule has 0 aliphatic carbocycles.